The molecular formula is C32H30ClF4NO2. The zero-order valence-corrected chi connectivity index (χ0v) is 22.7. The van der Waals surface area contributed by atoms with Gasteiger partial charge in [0.05, 0.1) is 17.8 Å². The minimum Gasteiger partial charge on any atom is -0.478 e. The number of hydrogen-bond donors (Lipinski definition) is 1. The number of carbonyl (C=O) groups is 1. The second kappa shape index (κ2) is 11.8. The first-order valence-electron chi connectivity index (χ1n) is 13.5. The van der Waals surface area contributed by atoms with Crippen molar-refractivity contribution in [2.24, 2.45) is 5.92 Å². The van der Waals surface area contributed by atoms with Crippen LogP contribution in [-0.2, 0) is 19.0 Å². The first-order chi connectivity index (χ1) is 19.1. The number of rotatable bonds is 8. The zero-order valence-electron chi connectivity index (χ0n) is 21.9. The summed E-state index contributed by atoms with van der Waals surface area (Å²) < 4.78 is 52.5. The maximum Gasteiger partial charge on any atom is 0.416 e. The Morgan fingerprint density at radius 1 is 0.975 bits per heavy atom. The number of alkyl halides is 4. The standard InChI is InChI=1S/C32H30ClF4NO2/c33-29-17-25(32(35,36)37)10-12-27(29)28-4-1-3-23-16-24(31(39)40)9-11-26(23)30(28)22-7-5-20(6-8-22)15-21-18-38(19-21)14-2-13-34/h5-12,16-17,21H,1-4,13-15,18-19H2,(H,39,40). The fraction of sp³-hybridized carbons (Fsp3) is 0.344. The van der Waals surface area contributed by atoms with Crippen LogP contribution in [-0.4, -0.2) is 42.3 Å². The Bertz CT molecular complexity index is 1430. The molecule has 0 amide bonds. The third-order valence-electron chi connectivity index (χ3n) is 7.83. The Kier molecular flexibility index (Phi) is 8.34. The molecule has 1 heterocycles. The summed E-state index contributed by atoms with van der Waals surface area (Å²) >= 11 is 6.48. The first-order valence-corrected chi connectivity index (χ1v) is 13.9. The van der Waals surface area contributed by atoms with Crippen molar-refractivity contribution >= 4 is 28.7 Å². The van der Waals surface area contributed by atoms with E-state index in [1.165, 1.54) is 11.6 Å². The molecule has 1 N–H and O–H groups in total. The molecule has 0 unspecified atom stereocenters. The third kappa shape index (κ3) is 6.11. The van der Waals surface area contributed by atoms with E-state index in [4.69, 9.17) is 11.6 Å². The van der Waals surface area contributed by atoms with Gasteiger partial charge in [0.25, 0.3) is 0 Å². The number of carboxylic acid groups (broad SMARTS) is 1. The highest BCUT2D eigenvalue weighted by molar-refractivity contribution is 6.33. The van der Waals surface area contributed by atoms with Crippen LogP contribution in [0.4, 0.5) is 17.6 Å². The fourth-order valence-corrected chi connectivity index (χ4v) is 6.16. The van der Waals surface area contributed by atoms with Gasteiger partial charge in [-0.2, -0.15) is 13.2 Å². The Balaban J connectivity index is 1.53. The number of benzene rings is 3. The first kappa shape index (κ1) is 28.4. The average molecular weight is 572 g/mol. The van der Waals surface area contributed by atoms with Gasteiger partial charge in [0.2, 0.25) is 0 Å². The van der Waals surface area contributed by atoms with Gasteiger partial charge in [-0.25, -0.2) is 4.79 Å². The second-order valence-electron chi connectivity index (χ2n) is 10.6. The summed E-state index contributed by atoms with van der Waals surface area (Å²) in [6, 6.07) is 16.7. The molecule has 0 saturated carbocycles. The molecule has 0 bridgehead atoms. The molecule has 210 valence electrons. The molecule has 0 aromatic heterocycles. The molecule has 3 aromatic carbocycles. The monoisotopic (exact) mass is 571 g/mol. The number of nitrogens with zero attached hydrogens (tertiary/aromatic N) is 1. The summed E-state index contributed by atoms with van der Waals surface area (Å²) in [6.07, 6.45) is -1.09. The predicted molar refractivity (Wildman–Crippen MR) is 149 cm³/mol. The molecule has 0 radical (unpaired) electrons. The lowest BCUT2D eigenvalue weighted by molar-refractivity contribution is -0.137. The highest BCUT2D eigenvalue weighted by Gasteiger charge is 2.32. The molecule has 8 heteroatoms. The van der Waals surface area contributed by atoms with Crippen molar-refractivity contribution in [2.75, 3.05) is 26.3 Å². The van der Waals surface area contributed by atoms with Crippen LogP contribution in [0, 0.1) is 5.92 Å². The summed E-state index contributed by atoms with van der Waals surface area (Å²) in [5.41, 5.74) is 5.49. The SMILES string of the molecule is O=C(O)c1ccc2c(c1)CCCC(c1ccc(C(F)(F)F)cc1Cl)=C2c1ccc(CC2CN(CCCF)C2)cc1. The topological polar surface area (TPSA) is 40.5 Å². The van der Waals surface area contributed by atoms with E-state index in [2.05, 4.69) is 17.0 Å². The minimum atomic E-state index is -4.50. The summed E-state index contributed by atoms with van der Waals surface area (Å²) in [5, 5.41) is 9.58. The minimum absolute atomic E-state index is 0.0341. The molecule has 1 fully saturated rings. The maximum atomic E-state index is 13.3. The molecular weight excluding hydrogens is 542 g/mol. The van der Waals surface area contributed by atoms with E-state index in [1.54, 1.807) is 18.2 Å². The summed E-state index contributed by atoms with van der Waals surface area (Å²) in [4.78, 5) is 13.9. The molecule has 0 atom stereocenters. The van der Waals surface area contributed by atoms with Gasteiger partial charge in [-0.1, -0.05) is 48.0 Å². The van der Waals surface area contributed by atoms with Gasteiger partial charge < -0.3 is 10.0 Å². The van der Waals surface area contributed by atoms with E-state index < -0.39 is 17.7 Å². The van der Waals surface area contributed by atoms with Gasteiger partial charge in [-0.3, -0.25) is 4.39 Å². The lowest BCUT2D eigenvalue weighted by Gasteiger charge is -2.39. The highest BCUT2D eigenvalue weighted by atomic mass is 35.5. The van der Waals surface area contributed by atoms with Crippen molar-refractivity contribution in [1.29, 1.82) is 0 Å². The molecule has 3 nitrogen and oxygen atoms in total. The molecule has 40 heavy (non-hydrogen) atoms. The van der Waals surface area contributed by atoms with E-state index >= 15 is 0 Å². The van der Waals surface area contributed by atoms with Crippen molar-refractivity contribution in [3.8, 4) is 0 Å². The van der Waals surface area contributed by atoms with Crippen LogP contribution in [0.25, 0.3) is 11.1 Å². The van der Waals surface area contributed by atoms with Gasteiger partial charge in [-0.05, 0) is 101 Å². The van der Waals surface area contributed by atoms with Crippen molar-refractivity contribution in [1.82, 2.24) is 4.90 Å². The average Bonchev–Trinajstić information content (AvgIpc) is 3.08. The van der Waals surface area contributed by atoms with Crippen LogP contribution in [0.3, 0.4) is 0 Å². The van der Waals surface area contributed by atoms with Gasteiger partial charge in [0.1, 0.15) is 0 Å². The summed E-state index contributed by atoms with van der Waals surface area (Å²) in [7, 11) is 0. The molecule has 3 aromatic rings. The predicted octanol–water partition coefficient (Wildman–Crippen LogP) is 8.19. The van der Waals surface area contributed by atoms with Crippen molar-refractivity contribution in [2.45, 2.75) is 38.3 Å². The Morgan fingerprint density at radius 3 is 2.35 bits per heavy atom. The zero-order chi connectivity index (χ0) is 28.4. The Morgan fingerprint density at radius 2 is 1.70 bits per heavy atom. The van der Waals surface area contributed by atoms with Crippen LogP contribution >= 0.6 is 11.6 Å². The Labute approximate surface area is 236 Å². The molecule has 1 aliphatic heterocycles. The largest absolute Gasteiger partial charge is 0.478 e. The van der Waals surface area contributed by atoms with Crippen LogP contribution in [0.5, 0.6) is 0 Å². The molecule has 1 saturated heterocycles. The number of aryl methyl sites for hydroxylation is 1. The lowest BCUT2D eigenvalue weighted by Crippen LogP contribution is -2.47. The number of fused-ring (bicyclic) bond motifs is 1. The van der Waals surface area contributed by atoms with E-state index in [0.29, 0.717) is 37.2 Å². The number of hydrogen-bond acceptors (Lipinski definition) is 2. The van der Waals surface area contributed by atoms with E-state index in [9.17, 15) is 27.5 Å². The number of carboxylic acids is 1. The molecule has 5 rings (SSSR count). The van der Waals surface area contributed by atoms with E-state index in [1.807, 2.05) is 12.1 Å². The van der Waals surface area contributed by atoms with Gasteiger partial charge in [0, 0.05) is 24.7 Å². The number of likely N-dealkylation sites (tertiary alicyclic amines) is 1. The maximum absolute atomic E-state index is 13.3. The third-order valence-corrected chi connectivity index (χ3v) is 8.14. The van der Waals surface area contributed by atoms with Gasteiger partial charge in [0.15, 0.2) is 0 Å². The van der Waals surface area contributed by atoms with Crippen LogP contribution < -0.4 is 0 Å². The molecule has 2 aliphatic rings. The van der Waals surface area contributed by atoms with Crippen molar-refractivity contribution in [3.05, 3.63) is 105 Å². The lowest BCUT2D eigenvalue weighted by atomic mass is 9.86. The smallest absolute Gasteiger partial charge is 0.416 e. The normalized spacial score (nSPS) is 16.4. The number of halogens is 5. The second-order valence-corrected chi connectivity index (χ2v) is 11.1. The quantitative estimate of drug-likeness (QED) is 0.277. The summed E-state index contributed by atoms with van der Waals surface area (Å²) in [6.45, 7) is 2.42. The number of aromatic carboxylic acids is 1. The Hall–Kier alpha value is -3.16. The number of allylic oxidation sites excluding steroid dienone is 1. The fourth-order valence-electron chi connectivity index (χ4n) is 5.87. The van der Waals surface area contributed by atoms with Crippen LogP contribution in [0.2, 0.25) is 5.02 Å². The summed E-state index contributed by atoms with van der Waals surface area (Å²) in [5.74, 6) is -0.480. The highest BCUT2D eigenvalue weighted by Crippen LogP contribution is 2.43. The molecule has 1 aliphatic carbocycles. The van der Waals surface area contributed by atoms with Crippen molar-refractivity contribution < 1.29 is 27.5 Å². The van der Waals surface area contributed by atoms with Crippen LogP contribution in [0.15, 0.2) is 60.7 Å². The van der Waals surface area contributed by atoms with Crippen LogP contribution in [0.1, 0.15) is 63.0 Å². The van der Waals surface area contributed by atoms with E-state index in [0.717, 1.165) is 66.0 Å². The molecule has 0 spiro atoms. The van der Waals surface area contributed by atoms with E-state index in [-0.39, 0.29) is 17.3 Å². The van der Waals surface area contributed by atoms with Crippen molar-refractivity contribution in [3.63, 3.8) is 0 Å². The van der Waals surface area contributed by atoms with Gasteiger partial charge >= 0.3 is 12.1 Å². The van der Waals surface area contributed by atoms with Gasteiger partial charge in [-0.15, -0.1) is 0 Å².